The second-order valence-corrected chi connectivity index (χ2v) is 3.09. The molecule has 0 amide bonds. The number of rotatable bonds is 1. The van der Waals surface area contributed by atoms with Gasteiger partial charge in [-0.2, -0.15) is 0 Å². The first-order chi connectivity index (χ1) is 5.42. The number of fused-ring (bicyclic) bond motifs is 1. The molecule has 0 bridgehead atoms. The van der Waals surface area contributed by atoms with Gasteiger partial charge in [0.1, 0.15) is 12.6 Å². The number of thioether (sulfide) groups is 1. The first kappa shape index (κ1) is 7.12. The summed E-state index contributed by atoms with van der Waals surface area (Å²) in [6.07, 6.45) is 2.87. The second-order valence-electron chi connectivity index (χ2n) is 2.32. The molecule has 0 radical (unpaired) electrons. The van der Waals surface area contributed by atoms with Crippen molar-refractivity contribution in [3.05, 3.63) is 5.82 Å². The number of ether oxygens (including phenoxy) is 1. The highest BCUT2D eigenvalue weighted by Gasteiger charge is 2.14. The molecule has 0 spiro atoms. The Labute approximate surface area is 68.9 Å². The Balaban J connectivity index is 2.38. The molecule has 2 rings (SSSR count). The van der Waals surface area contributed by atoms with Crippen LogP contribution in [0.4, 0.5) is 0 Å². The lowest BCUT2D eigenvalue weighted by Crippen LogP contribution is -2.16. The van der Waals surface area contributed by atoms with Crippen LogP contribution in [0.3, 0.4) is 0 Å². The van der Waals surface area contributed by atoms with Gasteiger partial charge in [0, 0.05) is 6.42 Å². The Kier molecular flexibility index (Phi) is 1.83. The smallest absolute Gasteiger partial charge is 0.192 e. The van der Waals surface area contributed by atoms with E-state index in [1.807, 2.05) is 10.8 Å². The van der Waals surface area contributed by atoms with Crippen molar-refractivity contribution in [1.82, 2.24) is 14.8 Å². The zero-order chi connectivity index (χ0) is 7.68. The van der Waals surface area contributed by atoms with Crippen molar-refractivity contribution in [2.24, 2.45) is 0 Å². The Morgan fingerprint density at radius 3 is 3.27 bits per heavy atom. The van der Waals surface area contributed by atoms with E-state index in [1.54, 1.807) is 11.8 Å². The molecular formula is C6H9N3OS. The van der Waals surface area contributed by atoms with Crippen molar-refractivity contribution in [3.63, 3.8) is 0 Å². The van der Waals surface area contributed by atoms with Gasteiger partial charge in [0.05, 0.1) is 6.61 Å². The van der Waals surface area contributed by atoms with Crippen LogP contribution in [-0.4, -0.2) is 27.6 Å². The summed E-state index contributed by atoms with van der Waals surface area (Å²) < 4.78 is 7.27. The van der Waals surface area contributed by atoms with Crippen molar-refractivity contribution < 1.29 is 4.74 Å². The van der Waals surface area contributed by atoms with E-state index in [0.717, 1.165) is 24.0 Å². The van der Waals surface area contributed by atoms with E-state index in [0.29, 0.717) is 6.73 Å². The van der Waals surface area contributed by atoms with Crippen LogP contribution in [0.5, 0.6) is 0 Å². The van der Waals surface area contributed by atoms with E-state index in [2.05, 4.69) is 10.2 Å². The average molecular weight is 171 g/mol. The fraction of sp³-hybridized carbons (Fsp3) is 0.667. The summed E-state index contributed by atoms with van der Waals surface area (Å²) in [5, 5.41) is 9.00. The van der Waals surface area contributed by atoms with Gasteiger partial charge >= 0.3 is 0 Å². The number of hydrogen-bond acceptors (Lipinski definition) is 4. The van der Waals surface area contributed by atoms with Crippen LogP contribution < -0.4 is 0 Å². The lowest BCUT2D eigenvalue weighted by molar-refractivity contribution is 0.0500. The van der Waals surface area contributed by atoms with Crippen LogP contribution >= 0.6 is 11.8 Å². The highest BCUT2D eigenvalue weighted by Crippen LogP contribution is 2.16. The van der Waals surface area contributed by atoms with Crippen LogP contribution in [0.25, 0.3) is 0 Å². The van der Waals surface area contributed by atoms with E-state index in [4.69, 9.17) is 4.74 Å². The van der Waals surface area contributed by atoms with Gasteiger partial charge in [-0.05, 0) is 6.26 Å². The van der Waals surface area contributed by atoms with E-state index in [9.17, 15) is 0 Å². The van der Waals surface area contributed by atoms with Gasteiger partial charge in [-0.3, -0.25) is 4.57 Å². The highest BCUT2D eigenvalue weighted by molar-refractivity contribution is 7.98. The van der Waals surface area contributed by atoms with Crippen molar-refractivity contribution >= 4 is 11.8 Å². The van der Waals surface area contributed by atoms with Gasteiger partial charge in [-0.15, -0.1) is 10.2 Å². The minimum Gasteiger partial charge on any atom is -0.360 e. The van der Waals surface area contributed by atoms with Crippen LogP contribution in [0.15, 0.2) is 5.16 Å². The molecular weight excluding hydrogens is 162 g/mol. The molecule has 60 valence electrons. The van der Waals surface area contributed by atoms with E-state index in [-0.39, 0.29) is 0 Å². The van der Waals surface area contributed by atoms with Gasteiger partial charge in [0.15, 0.2) is 5.16 Å². The molecule has 4 nitrogen and oxygen atoms in total. The largest absolute Gasteiger partial charge is 0.360 e. The number of aromatic nitrogens is 3. The van der Waals surface area contributed by atoms with Gasteiger partial charge in [-0.25, -0.2) is 0 Å². The summed E-state index contributed by atoms with van der Waals surface area (Å²) in [6.45, 7) is 1.38. The summed E-state index contributed by atoms with van der Waals surface area (Å²) in [7, 11) is 0. The minimum absolute atomic E-state index is 0.610. The molecule has 0 aromatic carbocycles. The molecule has 0 atom stereocenters. The maximum Gasteiger partial charge on any atom is 0.192 e. The minimum atomic E-state index is 0.610. The molecule has 2 heterocycles. The lowest BCUT2D eigenvalue weighted by atomic mass is 10.4. The van der Waals surface area contributed by atoms with Crippen LogP contribution in [0.1, 0.15) is 5.82 Å². The van der Waals surface area contributed by atoms with Crippen molar-refractivity contribution in [1.29, 1.82) is 0 Å². The second kappa shape index (κ2) is 2.83. The molecule has 0 fully saturated rings. The van der Waals surface area contributed by atoms with E-state index < -0.39 is 0 Å². The third-order valence-electron chi connectivity index (χ3n) is 1.67. The monoisotopic (exact) mass is 171 g/mol. The quantitative estimate of drug-likeness (QED) is 0.578. The van der Waals surface area contributed by atoms with Crippen LogP contribution in [0, 0.1) is 0 Å². The zero-order valence-electron chi connectivity index (χ0n) is 6.28. The predicted molar refractivity (Wildman–Crippen MR) is 41.5 cm³/mol. The van der Waals surface area contributed by atoms with Gasteiger partial charge < -0.3 is 4.74 Å². The van der Waals surface area contributed by atoms with Gasteiger partial charge in [0.2, 0.25) is 0 Å². The summed E-state index contributed by atoms with van der Waals surface area (Å²) in [6, 6.07) is 0. The normalized spacial score (nSPS) is 16.5. The molecule has 0 N–H and O–H groups in total. The van der Waals surface area contributed by atoms with E-state index in [1.165, 1.54) is 0 Å². The molecule has 0 aliphatic carbocycles. The molecule has 5 heteroatoms. The van der Waals surface area contributed by atoms with Crippen molar-refractivity contribution in [3.8, 4) is 0 Å². The fourth-order valence-corrected chi connectivity index (χ4v) is 1.60. The standard InChI is InChI=1S/C6H9N3OS/c1-11-6-8-7-5-2-3-10-4-9(5)6/h2-4H2,1H3. The average Bonchev–Trinajstić information content (AvgIpc) is 2.47. The fourth-order valence-electron chi connectivity index (χ4n) is 1.10. The Morgan fingerprint density at radius 1 is 1.55 bits per heavy atom. The maximum absolute atomic E-state index is 5.27. The first-order valence-corrected chi connectivity index (χ1v) is 4.68. The predicted octanol–water partition coefficient (Wildman–Crippen LogP) is 0.530. The lowest BCUT2D eigenvalue weighted by Gasteiger charge is -2.14. The number of hydrogen-bond donors (Lipinski definition) is 0. The van der Waals surface area contributed by atoms with Crippen molar-refractivity contribution in [2.45, 2.75) is 18.3 Å². The van der Waals surface area contributed by atoms with E-state index >= 15 is 0 Å². The van der Waals surface area contributed by atoms with Crippen LogP contribution in [-0.2, 0) is 17.9 Å². The highest BCUT2D eigenvalue weighted by atomic mass is 32.2. The maximum atomic E-state index is 5.27. The summed E-state index contributed by atoms with van der Waals surface area (Å²) in [5.74, 6) is 1.04. The molecule has 0 unspecified atom stereocenters. The molecule has 0 saturated carbocycles. The molecule has 1 aromatic rings. The first-order valence-electron chi connectivity index (χ1n) is 3.45. The van der Waals surface area contributed by atoms with Gasteiger partial charge in [-0.1, -0.05) is 11.8 Å². The zero-order valence-corrected chi connectivity index (χ0v) is 7.10. The van der Waals surface area contributed by atoms with Crippen molar-refractivity contribution in [2.75, 3.05) is 12.9 Å². The molecule has 11 heavy (non-hydrogen) atoms. The Bertz CT molecular complexity index is 247. The molecule has 1 aliphatic rings. The topological polar surface area (TPSA) is 39.9 Å². The summed E-state index contributed by atoms with van der Waals surface area (Å²) in [5.41, 5.74) is 0. The third kappa shape index (κ3) is 1.14. The SMILES string of the molecule is CSc1nnc2n1COCC2. The summed E-state index contributed by atoms with van der Waals surface area (Å²) in [4.78, 5) is 0. The third-order valence-corrected chi connectivity index (χ3v) is 2.33. The van der Waals surface area contributed by atoms with Crippen LogP contribution in [0.2, 0.25) is 0 Å². The Hall–Kier alpha value is -0.550. The summed E-state index contributed by atoms with van der Waals surface area (Å²) >= 11 is 1.60. The number of nitrogens with zero attached hydrogens (tertiary/aromatic N) is 3. The van der Waals surface area contributed by atoms with Gasteiger partial charge in [0.25, 0.3) is 0 Å². The Morgan fingerprint density at radius 2 is 2.45 bits per heavy atom. The molecule has 1 aliphatic heterocycles. The molecule has 1 aromatic heterocycles. The molecule has 0 saturated heterocycles.